The number of aromatic nitrogens is 2. The van der Waals surface area contributed by atoms with Crippen LogP contribution in [0, 0.1) is 0 Å². The van der Waals surface area contributed by atoms with Crippen molar-refractivity contribution >= 4 is 34.8 Å². The number of aryl methyl sites for hydroxylation is 2. The van der Waals surface area contributed by atoms with Crippen LogP contribution in [-0.4, -0.2) is 58.2 Å². The molecule has 0 aliphatic carbocycles. The van der Waals surface area contributed by atoms with Gasteiger partial charge in [-0.25, -0.2) is 9.97 Å². The highest BCUT2D eigenvalue weighted by atomic mass is 35.5. The zero-order valence-electron chi connectivity index (χ0n) is 24.6. The average molecular weight is 578 g/mol. The molecule has 0 spiro atoms. The van der Waals surface area contributed by atoms with Gasteiger partial charge in [0.05, 0.1) is 40.7 Å². The maximum atomic E-state index is 12.5. The maximum absolute atomic E-state index is 12.5. The van der Waals surface area contributed by atoms with Crippen LogP contribution in [-0.2, 0) is 23.1 Å². The summed E-state index contributed by atoms with van der Waals surface area (Å²) in [5.41, 5.74) is 4.55. The molecule has 1 saturated heterocycles. The molecular weight excluding hydrogens is 538 g/mol. The van der Waals surface area contributed by atoms with Crippen LogP contribution in [0.2, 0.25) is 5.02 Å². The Balaban J connectivity index is 1.27. The Kier molecular flexibility index (Phi) is 8.28. The molecule has 2 aliphatic heterocycles. The summed E-state index contributed by atoms with van der Waals surface area (Å²) in [5, 5.41) is 17.0. The van der Waals surface area contributed by atoms with Gasteiger partial charge in [-0.3, -0.25) is 4.79 Å². The minimum atomic E-state index is -0.677. The first-order chi connectivity index (χ1) is 19.4. The second-order valence-corrected chi connectivity index (χ2v) is 12.8. The zero-order valence-corrected chi connectivity index (χ0v) is 25.3. The van der Waals surface area contributed by atoms with Crippen LogP contribution in [0.4, 0.5) is 17.3 Å². The molecule has 0 radical (unpaired) electrons. The van der Waals surface area contributed by atoms with Crippen LogP contribution >= 0.6 is 11.6 Å². The number of methoxy groups -OCH3 is 1. The van der Waals surface area contributed by atoms with Crippen molar-refractivity contribution in [2.75, 3.05) is 37.4 Å². The van der Waals surface area contributed by atoms with Gasteiger partial charge in [-0.1, -0.05) is 29.8 Å². The number of β-amino-alcohol motifs (C(OH)–C–C–N with tert-alkyl or cyclic N) is 1. The lowest BCUT2D eigenvalue weighted by Crippen LogP contribution is -2.42. The Hall–Kier alpha value is -3.20. The molecule has 0 bridgehead atoms. The summed E-state index contributed by atoms with van der Waals surface area (Å²) in [4.78, 5) is 24.0. The zero-order chi connectivity index (χ0) is 29.4. The highest BCUT2D eigenvalue weighted by Gasteiger charge is 2.39. The van der Waals surface area contributed by atoms with Crippen molar-refractivity contribution in [2.24, 2.45) is 0 Å². The number of hydrogen-bond donors (Lipinski definition) is 3. The summed E-state index contributed by atoms with van der Waals surface area (Å²) in [7, 11) is 1.67. The monoisotopic (exact) mass is 577 g/mol. The van der Waals surface area contributed by atoms with Crippen molar-refractivity contribution in [3.05, 3.63) is 70.0 Å². The maximum Gasteiger partial charge on any atom is 0.234 e. The topological polar surface area (TPSA) is 99.6 Å². The molecule has 1 amide bonds. The van der Waals surface area contributed by atoms with E-state index in [1.807, 2.05) is 45.9 Å². The van der Waals surface area contributed by atoms with Crippen LogP contribution in [0.1, 0.15) is 68.8 Å². The highest BCUT2D eigenvalue weighted by Crippen LogP contribution is 2.40. The summed E-state index contributed by atoms with van der Waals surface area (Å²) in [5.74, 6) is 1.65. The number of likely N-dealkylation sites (tertiary alicyclic amines) is 1. The summed E-state index contributed by atoms with van der Waals surface area (Å²) in [6, 6.07) is 12.3. The standard InChI is InChI=1S/C32H40ClN5O3/c1-31(2,40)19-38-15-13-20(14-16-38)22-10-12-25(27(17-22)41-5)37-30-34-18-23(33)24(36-30)11-9-21-7-6-8-26-28(21)32(3,4)29(39)35-26/h6-8,10,12,17-18,20,40H,9,11,13-16,19H2,1-5H3,(H,35,39)(H,34,36,37). The molecule has 218 valence electrons. The van der Waals surface area contributed by atoms with Crippen molar-refractivity contribution in [3.8, 4) is 5.75 Å². The Bertz CT molecular complexity index is 1430. The first kappa shape index (κ1) is 29.3. The molecule has 1 aromatic heterocycles. The number of ether oxygens (including phenoxy) is 1. The summed E-state index contributed by atoms with van der Waals surface area (Å²) < 4.78 is 5.75. The first-order valence-corrected chi connectivity index (χ1v) is 14.7. The fourth-order valence-corrected chi connectivity index (χ4v) is 6.28. The van der Waals surface area contributed by atoms with Gasteiger partial charge in [-0.2, -0.15) is 0 Å². The minimum Gasteiger partial charge on any atom is -0.495 e. The van der Waals surface area contributed by atoms with Gasteiger partial charge in [-0.15, -0.1) is 0 Å². The van der Waals surface area contributed by atoms with E-state index in [1.165, 1.54) is 5.56 Å². The molecule has 2 aliphatic rings. The number of halogens is 1. The lowest BCUT2D eigenvalue weighted by Gasteiger charge is -2.35. The van der Waals surface area contributed by atoms with E-state index in [0.717, 1.165) is 59.9 Å². The van der Waals surface area contributed by atoms with E-state index in [0.29, 0.717) is 36.3 Å². The molecule has 41 heavy (non-hydrogen) atoms. The third-order valence-electron chi connectivity index (χ3n) is 8.18. The van der Waals surface area contributed by atoms with Crippen LogP contribution in [0.5, 0.6) is 5.75 Å². The number of aliphatic hydroxyl groups is 1. The van der Waals surface area contributed by atoms with E-state index in [1.54, 1.807) is 13.3 Å². The largest absolute Gasteiger partial charge is 0.495 e. The minimum absolute atomic E-state index is 0.0164. The predicted molar refractivity (Wildman–Crippen MR) is 164 cm³/mol. The normalized spacial score (nSPS) is 17.3. The molecule has 0 atom stereocenters. The third-order valence-corrected chi connectivity index (χ3v) is 8.50. The number of nitrogens with zero attached hydrogens (tertiary/aromatic N) is 3. The van der Waals surface area contributed by atoms with E-state index in [9.17, 15) is 9.90 Å². The number of nitrogens with one attached hydrogen (secondary N) is 2. The molecule has 3 heterocycles. The molecular formula is C32H40ClN5O3. The van der Waals surface area contributed by atoms with Gasteiger partial charge in [0.15, 0.2) is 0 Å². The second kappa shape index (κ2) is 11.6. The number of anilines is 3. The van der Waals surface area contributed by atoms with Crippen LogP contribution in [0.15, 0.2) is 42.6 Å². The molecule has 3 aromatic rings. The second-order valence-electron chi connectivity index (χ2n) is 12.4. The molecule has 3 N–H and O–H groups in total. The van der Waals surface area contributed by atoms with E-state index < -0.39 is 11.0 Å². The Morgan fingerprint density at radius 1 is 1.20 bits per heavy atom. The van der Waals surface area contributed by atoms with E-state index in [-0.39, 0.29) is 5.91 Å². The van der Waals surface area contributed by atoms with Gasteiger partial charge in [0.2, 0.25) is 11.9 Å². The fourth-order valence-electron chi connectivity index (χ4n) is 6.09. The average Bonchev–Trinajstić information content (AvgIpc) is 3.16. The number of carbonyl (C=O) groups excluding carboxylic acids is 1. The van der Waals surface area contributed by atoms with Crippen LogP contribution < -0.4 is 15.4 Å². The van der Waals surface area contributed by atoms with Gasteiger partial charge in [0.1, 0.15) is 5.75 Å². The number of piperidine rings is 1. The van der Waals surface area contributed by atoms with Crippen molar-refractivity contribution in [1.82, 2.24) is 14.9 Å². The van der Waals surface area contributed by atoms with Crippen LogP contribution in [0.3, 0.4) is 0 Å². The lowest BCUT2D eigenvalue weighted by molar-refractivity contribution is -0.119. The van der Waals surface area contributed by atoms with E-state index in [2.05, 4.69) is 38.7 Å². The summed E-state index contributed by atoms with van der Waals surface area (Å²) in [6.07, 6.45) is 5.02. The fraction of sp³-hybridized carbons (Fsp3) is 0.469. The Labute approximate surface area is 247 Å². The number of amides is 1. The van der Waals surface area contributed by atoms with Crippen LogP contribution in [0.25, 0.3) is 0 Å². The number of fused-ring (bicyclic) bond motifs is 1. The molecule has 0 unspecified atom stereocenters. The smallest absolute Gasteiger partial charge is 0.234 e. The molecule has 9 heteroatoms. The van der Waals surface area contributed by atoms with Crippen molar-refractivity contribution in [1.29, 1.82) is 0 Å². The Morgan fingerprint density at radius 3 is 2.66 bits per heavy atom. The SMILES string of the molecule is COc1cc(C2CCN(CC(C)(C)O)CC2)ccc1Nc1ncc(Cl)c(CCc2cccc3c2C(C)(C)C(=O)N3)n1. The molecule has 8 nitrogen and oxygen atoms in total. The van der Waals surface area contributed by atoms with Crippen molar-refractivity contribution in [2.45, 2.75) is 70.3 Å². The van der Waals surface area contributed by atoms with E-state index >= 15 is 0 Å². The predicted octanol–water partition coefficient (Wildman–Crippen LogP) is 5.85. The van der Waals surface area contributed by atoms with Gasteiger partial charge in [0, 0.05) is 12.2 Å². The summed E-state index contributed by atoms with van der Waals surface area (Å²) in [6.45, 7) is 10.3. The van der Waals surface area contributed by atoms with Crippen molar-refractivity contribution in [3.63, 3.8) is 0 Å². The number of carbonyl (C=O) groups is 1. The summed E-state index contributed by atoms with van der Waals surface area (Å²) >= 11 is 6.51. The quantitative estimate of drug-likeness (QED) is 0.293. The molecule has 5 rings (SSSR count). The van der Waals surface area contributed by atoms with Gasteiger partial charge >= 0.3 is 0 Å². The van der Waals surface area contributed by atoms with Gasteiger partial charge in [0.25, 0.3) is 0 Å². The van der Waals surface area contributed by atoms with Crippen molar-refractivity contribution < 1.29 is 14.6 Å². The Morgan fingerprint density at radius 2 is 1.95 bits per heavy atom. The highest BCUT2D eigenvalue weighted by molar-refractivity contribution is 6.31. The number of rotatable bonds is 9. The molecule has 0 saturated carbocycles. The first-order valence-electron chi connectivity index (χ1n) is 14.3. The molecule has 2 aromatic carbocycles. The number of benzene rings is 2. The lowest BCUT2D eigenvalue weighted by atomic mass is 9.82. The number of hydrogen-bond acceptors (Lipinski definition) is 7. The van der Waals surface area contributed by atoms with Gasteiger partial charge in [-0.05, 0) is 107 Å². The van der Waals surface area contributed by atoms with E-state index in [4.69, 9.17) is 21.3 Å². The third kappa shape index (κ3) is 6.50. The van der Waals surface area contributed by atoms with Gasteiger partial charge < -0.3 is 25.4 Å². The molecule has 1 fully saturated rings.